The van der Waals surface area contributed by atoms with Crippen molar-refractivity contribution >= 4 is 11.9 Å². The minimum absolute atomic E-state index is 0.0495. The molecule has 16 heavy (non-hydrogen) atoms. The molecule has 2 unspecified atom stereocenters. The molecule has 0 saturated carbocycles. The Balaban J connectivity index is 2.51. The van der Waals surface area contributed by atoms with Crippen molar-refractivity contribution in [3.63, 3.8) is 0 Å². The van der Waals surface area contributed by atoms with Crippen LogP contribution < -0.4 is 16.4 Å². The van der Waals surface area contributed by atoms with Crippen LogP contribution in [-0.4, -0.2) is 37.2 Å². The van der Waals surface area contributed by atoms with Crippen LogP contribution >= 0.6 is 0 Å². The van der Waals surface area contributed by atoms with Crippen molar-refractivity contribution in [2.24, 2.45) is 11.7 Å². The van der Waals surface area contributed by atoms with Gasteiger partial charge in [0.25, 0.3) is 0 Å². The third-order valence-corrected chi connectivity index (χ3v) is 2.78. The SMILES string of the molecule is CCC(C)C(NC(N)=O)C(=O)NC1COC1. The largest absolute Gasteiger partial charge is 0.377 e. The van der Waals surface area contributed by atoms with E-state index in [1.807, 2.05) is 13.8 Å². The van der Waals surface area contributed by atoms with E-state index in [-0.39, 0.29) is 17.9 Å². The van der Waals surface area contributed by atoms with Gasteiger partial charge in [0.05, 0.1) is 19.3 Å². The van der Waals surface area contributed by atoms with Gasteiger partial charge in [-0.25, -0.2) is 4.79 Å². The van der Waals surface area contributed by atoms with Gasteiger partial charge in [-0.3, -0.25) is 4.79 Å². The molecule has 1 rings (SSSR count). The molecular weight excluding hydrogens is 210 g/mol. The first-order chi connectivity index (χ1) is 7.54. The zero-order valence-corrected chi connectivity index (χ0v) is 9.66. The maximum atomic E-state index is 11.8. The molecular formula is C10H19N3O3. The molecule has 1 aliphatic rings. The monoisotopic (exact) mass is 229 g/mol. The molecule has 92 valence electrons. The predicted octanol–water partition coefficient (Wildman–Crippen LogP) is -0.416. The Morgan fingerprint density at radius 3 is 2.50 bits per heavy atom. The van der Waals surface area contributed by atoms with E-state index in [0.29, 0.717) is 13.2 Å². The van der Waals surface area contributed by atoms with Gasteiger partial charge in [0.15, 0.2) is 0 Å². The molecule has 1 heterocycles. The highest BCUT2D eigenvalue weighted by molar-refractivity contribution is 5.87. The highest BCUT2D eigenvalue weighted by Gasteiger charge is 2.29. The molecule has 6 heteroatoms. The van der Waals surface area contributed by atoms with Crippen molar-refractivity contribution in [3.8, 4) is 0 Å². The van der Waals surface area contributed by atoms with Crippen LogP contribution in [0.25, 0.3) is 0 Å². The molecule has 2 atom stereocenters. The molecule has 1 aliphatic heterocycles. The predicted molar refractivity (Wildman–Crippen MR) is 58.7 cm³/mol. The maximum Gasteiger partial charge on any atom is 0.312 e. The summed E-state index contributed by atoms with van der Waals surface area (Å²) in [6.07, 6.45) is 0.791. The van der Waals surface area contributed by atoms with Crippen molar-refractivity contribution in [1.82, 2.24) is 10.6 Å². The Hall–Kier alpha value is -1.30. The minimum Gasteiger partial charge on any atom is -0.377 e. The number of carbonyl (C=O) groups excluding carboxylic acids is 2. The van der Waals surface area contributed by atoms with Crippen LogP contribution in [0.1, 0.15) is 20.3 Å². The molecule has 0 bridgehead atoms. The van der Waals surface area contributed by atoms with Crippen molar-refractivity contribution in [3.05, 3.63) is 0 Å². The summed E-state index contributed by atoms with van der Waals surface area (Å²) in [6, 6.07) is -1.18. The van der Waals surface area contributed by atoms with Gasteiger partial charge in [-0.05, 0) is 5.92 Å². The van der Waals surface area contributed by atoms with Gasteiger partial charge in [0.2, 0.25) is 5.91 Å². The molecule has 0 spiro atoms. The molecule has 0 radical (unpaired) electrons. The van der Waals surface area contributed by atoms with Crippen molar-refractivity contribution in [1.29, 1.82) is 0 Å². The fourth-order valence-electron chi connectivity index (χ4n) is 1.47. The van der Waals surface area contributed by atoms with E-state index >= 15 is 0 Å². The average Bonchev–Trinajstić information content (AvgIpc) is 2.18. The van der Waals surface area contributed by atoms with Crippen LogP contribution in [0, 0.1) is 5.92 Å². The summed E-state index contributed by atoms with van der Waals surface area (Å²) in [6.45, 7) is 4.93. The van der Waals surface area contributed by atoms with Crippen molar-refractivity contribution in [2.75, 3.05) is 13.2 Å². The third-order valence-electron chi connectivity index (χ3n) is 2.78. The summed E-state index contributed by atoms with van der Waals surface area (Å²) in [4.78, 5) is 22.7. The molecule has 0 aromatic carbocycles. The number of hydrogen-bond donors (Lipinski definition) is 3. The fraction of sp³-hybridized carbons (Fsp3) is 0.800. The number of nitrogens with two attached hydrogens (primary N) is 1. The van der Waals surface area contributed by atoms with E-state index in [0.717, 1.165) is 6.42 Å². The molecule has 0 aromatic heterocycles. The molecule has 0 aromatic rings. The average molecular weight is 229 g/mol. The van der Waals surface area contributed by atoms with E-state index < -0.39 is 12.1 Å². The van der Waals surface area contributed by atoms with Crippen LogP contribution in [0.2, 0.25) is 0 Å². The van der Waals surface area contributed by atoms with Gasteiger partial charge in [0.1, 0.15) is 6.04 Å². The molecule has 1 fully saturated rings. The summed E-state index contributed by atoms with van der Waals surface area (Å²) >= 11 is 0. The Labute approximate surface area is 94.9 Å². The quantitative estimate of drug-likeness (QED) is 0.598. The summed E-state index contributed by atoms with van der Waals surface area (Å²) in [5.74, 6) is -0.144. The van der Waals surface area contributed by atoms with Crippen LogP contribution in [-0.2, 0) is 9.53 Å². The number of amides is 3. The number of ether oxygens (including phenoxy) is 1. The summed E-state index contributed by atoms with van der Waals surface area (Å²) in [5.41, 5.74) is 5.05. The van der Waals surface area contributed by atoms with E-state index in [9.17, 15) is 9.59 Å². The van der Waals surface area contributed by atoms with Gasteiger partial charge < -0.3 is 21.1 Å². The zero-order chi connectivity index (χ0) is 12.1. The van der Waals surface area contributed by atoms with E-state index in [1.54, 1.807) is 0 Å². The van der Waals surface area contributed by atoms with E-state index in [1.165, 1.54) is 0 Å². The van der Waals surface area contributed by atoms with Gasteiger partial charge in [-0.15, -0.1) is 0 Å². The molecule has 1 saturated heterocycles. The molecule has 0 aliphatic carbocycles. The highest BCUT2D eigenvalue weighted by Crippen LogP contribution is 2.09. The van der Waals surface area contributed by atoms with E-state index in [4.69, 9.17) is 10.5 Å². The second kappa shape index (κ2) is 5.69. The van der Waals surface area contributed by atoms with Crippen LogP contribution in [0.5, 0.6) is 0 Å². The number of carbonyl (C=O) groups is 2. The molecule has 4 N–H and O–H groups in total. The van der Waals surface area contributed by atoms with Gasteiger partial charge in [-0.2, -0.15) is 0 Å². The first kappa shape index (κ1) is 12.8. The maximum absolute atomic E-state index is 11.8. The summed E-state index contributed by atoms with van der Waals surface area (Å²) in [5, 5.41) is 5.27. The Kier molecular flexibility index (Phi) is 4.54. The normalized spacial score (nSPS) is 19.4. The lowest BCUT2D eigenvalue weighted by Gasteiger charge is -2.30. The number of urea groups is 1. The standard InChI is InChI=1S/C10H19N3O3/c1-3-6(2)8(13-10(11)15)9(14)12-7-4-16-5-7/h6-8H,3-5H2,1-2H3,(H,12,14)(H3,11,13,15). The zero-order valence-electron chi connectivity index (χ0n) is 9.66. The lowest BCUT2D eigenvalue weighted by atomic mass is 9.98. The minimum atomic E-state index is -0.676. The molecule has 6 nitrogen and oxygen atoms in total. The van der Waals surface area contributed by atoms with Gasteiger partial charge >= 0.3 is 6.03 Å². The van der Waals surface area contributed by atoms with Crippen LogP contribution in [0.4, 0.5) is 4.79 Å². The van der Waals surface area contributed by atoms with Crippen molar-refractivity contribution < 1.29 is 14.3 Å². The number of rotatable bonds is 5. The smallest absolute Gasteiger partial charge is 0.312 e. The van der Waals surface area contributed by atoms with Gasteiger partial charge in [0, 0.05) is 0 Å². The first-order valence-corrected chi connectivity index (χ1v) is 5.48. The highest BCUT2D eigenvalue weighted by atomic mass is 16.5. The van der Waals surface area contributed by atoms with Gasteiger partial charge in [-0.1, -0.05) is 20.3 Å². The van der Waals surface area contributed by atoms with E-state index in [2.05, 4.69) is 10.6 Å². The number of nitrogens with one attached hydrogen (secondary N) is 2. The lowest BCUT2D eigenvalue weighted by molar-refractivity contribution is -0.128. The van der Waals surface area contributed by atoms with Crippen LogP contribution in [0.3, 0.4) is 0 Å². The number of primary amides is 1. The number of hydrogen-bond acceptors (Lipinski definition) is 3. The third kappa shape index (κ3) is 3.37. The second-order valence-electron chi connectivity index (χ2n) is 4.11. The summed E-state index contributed by atoms with van der Waals surface area (Å²) < 4.78 is 4.96. The Morgan fingerprint density at radius 2 is 2.12 bits per heavy atom. The lowest BCUT2D eigenvalue weighted by Crippen LogP contribution is -2.57. The van der Waals surface area contributed by atoms with Crippen LogP contribution in [0.15, 0.2) is 0 Å². The Bertz CT molecular complexity index is 266. The summed E-state index contributed by atoms with van der Waals surface area (Å²) in [7, 11) is 0. The second-order valence-corrected chi connectivity index (χ2v) is 4.11. The topological polar surface area (TPSA) is 93.5 Å². The van der Waals surface area contributed by atoms with Crippen molar-refractivity contribution in [2.45, 2.75) is 32.4 Å². The molecule has 3 amide bonds. The first-order valence-electron chi connectivity index (χ1n) is 5.48. The Morgan fingerprint density at radius 1 is 1.50 bits per heavy atom. The fourth-order valence-corrected chi connectivity index (χ4v) is 1.47.